The van der Waals surface area contributed by atoms with Crippen LogP contribution in [0.4, 0.5) is 5.69 Å². The monoisotopic (exact) mass is 365 g/mol. The van der Waals surface area contributed by atoms with Crippen molar-refractivity contribution in [3.05, 3.63) is 60.1 Å². The van der Waals surface area contributed by atoms with Crippen molar-refractivity contribution in [3.63, 3.8) is 0 Å². The Bertz CT molecular complexity index is 1050. The number of hydrogen-bond donors (Lipinski definition) is 2. The maximum absolute atomic E-state index is 7.83. The third-order valence-corrected chi connectivity index (χ3v) is 5.50. The number of fused-ring (bicyclic) bond motifs is 2. The molecule has 132 valence electrons. The average Bonchev–Trinajstić information content (AvgIpc) is 3.28. The normalized spacial score (nSPS) is 16.2. The molecule has 3 heterocycles. The van der Waals surface area contributed by atoms with Crippen molar-refractivity contribution in [2.24, 2.45) is 5.92 Å². The minimum Gasteiger partial charge on any atom is -0.458 e. The molecule has 0 aliphatic heterocycles. The van der Waals surface area contributed by atoms with Crippen LogP contribution in [0, 0.1) is 5.92 Å². The van der Waals surface area contributed by atoms with Crippen LogP contribution in [0.1, 0.15) is 31.1 Å². The number of nitrogens with zero attached hydrogens (tertiary/aromatic N) is 1. The molecule has 0 spiro atoms. The zero-order chi connectivity index (χ0) is 18.3. The number of pyridine rings is 1. The zero-order valence-corrected chi connectivity index (χ0v) is 15.2. The average molecular weight is 365 g/mol. The van der Waals surface area contributed by atoms with Crippen LogP contribution in [0.25, 0.3) is 22.0 Å². The number of aromatic nitrogens is 2. The Morgan fingerprint density at radius 1 is 1.27 bits per heavy atom. The Labute approximate surface area is 156 Å². The lowest BCUT2D eigenvalue weighted by Crippen LogP contribution is -2.25. The van der Waals surface area contributed by atoms with Gasteiger partial charge in [0.2, 0.25) is 0 Å². The van der Waals surface area contributed by atoms with Crippen molar-refractivity contribution >= 4 is 40.2 Å². The molecule has 1 saturated carbocycles. The molecule has 26 heavy (non-hydrogen) atoms. The van der Waals surface area contributed by atoms with Gasteiger partial charge >= 0.3 is 0 Å². The molecule has 4 aromatic rings. The van der Waals surface area contributed by atoms with E-state index < -0.39 is 0 Å². The summed E-state index contributed by atoms with van der Waals surface area (Å²) in [4.78, 5) is 7.80. The van der Waals surface area contributed by atoms with Gasteiger partial charge in [-0.25, -0.2) is 0 Å². The van der Waals surface area contributed by atoms with Gasteiger partial charge in [0.05, 0.1) is 16.6 Å². The minimum absolute atomic E-state index is 0.174. The third kappa shape index (κ3) is 2.41. The number of para-hydroxylation sites is 1. The fraction of sp³-hybridized carbons (Fsp3) is 0.250. The summed E-state index contributed by atoms with van der Waals surface area (Å²) in [5, 5.41) is 1.18. The lowest BCUT2D eigenvalue weighted by Gasteiger charge is -2.27. The van der Waals surface area contributed by atoms with Crippen LogP contribution in [-0.2, 0) is 17.9 Å². The van der Waals surface area contributed by atoms with E-state index in [1.54, 1.807) is 0 Å². The number of nitrogen functional groups attached to an aromatic ring is 1. The molecule has 0 saturated heterocycles. The molecule has 1 fully saturated rings. The van der Waals surface area contributed by atoms with Gasteiger partial charge in [0, 0.05) is 23.8 Å². The summed E-state index contributed by atoms with van der Waals surface area (Å²) >= 11 is 2.83. The van der Waals surface area contributed by atoms with Crippen LogP contribution < -0.4 is 5.73 Å². The molecule has 6 heteroatoms. The van der Waals surface area contributed by atoms with E-state index in [1.807, 2.05) is 30.5 Å². The van der Waals surface area contributed by atoms with Crippen molar-refractivity contribution in [3.8, 4) is 0 Å². The van der Waals surface area contributed by atoms with E-state index in [-0.39, 0.29) is 5.41 Å². The van der Waals surface area contributed by atoms with Crippen LogP contribution in [0.15, 0.2) is 53.2 Å². The quantitative estimate of drug-likeness (QED) is 0.530. The summed E-state index contributed by atoms with van der Waals surface area (Å²) in [6, 6.07) is 12.1. The molecule has 0 amide bonds. The first-order chi connectivity index (χ1) is 12.7. The summed E-state index contributed by atoms with van der Waals surface area (Å²) in [6.07, 6.45) is 6.34. The Morgan fingerprint density at radius 3 is 2.81 bits per heavy atom. The molecule has 3 aromatic heterocycles. The van der Waals surface area contributed by atoms with E-state index in [4.69, 9.17) is 14.4 Å². The first-order valence-electron chi connectivity index (χ1n) is 8.55. The van der Waals surface area contributed by atoms with E-state index in [9.17, 15) is 0 Å². The number of furan rings is 1. The predicted octanol–water partition coefficient (Wildman–Crippen LogP) is 4.27. The van der Waals surface area contributed by atoms with Gasteiger partial charge in [0.1, 0.15) is 11.3 Å². The van der Waals surface area contributed by atoms with E-state index >= 15 is 0 Å². The Hall–Kier alpha value is -2.73. The van der Waals surface area contributed by atoms with Crippen molar-refractivity contribution < 1.29 is 8.63 Å². The van der Waals surface area contributed by atoms with E-state index in [0.29, 0.717) is 5.92 Å². The molecule has 1 aliphatic carbocycles. The molecule has 1 unspecified atom stereocenters. The molecule has 1 atom stereocenters. The maximum Gasteiger partial charge on any atom is 0.197 e. The predicted molar refractivity (Wildman–Crippen MR) is 104 cm³/mol. The van der Waals surface area contributed by atoms with Gasteiger partial charge in [-0.1, -0.05) is 12.1 Å². The molecule has 0 bridgehead atoms. The fourth-order valence-electron chi connectivity index (χ4n) is 3.95. The first-order valence-corrected chi connectivity index (χ1v) is 8.89. The zero-order valence-electron chi connectivity index (χ0n) is 14.4. The van der Waals surface area contributed by atoms with E-state index in [2.05, 4.69) is 47.8 Å². The number of aromatic amines is 1. The lowest BCUT2D eigenvalue weighted by atomic mass is 9.75. The highest BCUT2D eigenvalue weighted by molar-refractivity contribution is 7.44. The number of hydrogen-bond acceptors (Lipinski definition) is 5. The number of nitrogens with two attached hydrogens (primary N) is 1. The van der Waals surface area contributed by atoms with Gasteiger partial charge in [-0.05, 0) is 49.4 Å². The number of H-pyrrole nitrogens is 1. The largest absolute Gasteiger partial charge is 0.458 e. The second-order valence-corrected chi connectivity index (χ2v) is 6.95. The van der Waals surface area contributed by atoms with Gasteiger partial charge in [-0.3, -0.25) is 4.98 Å². The minimum atomic E-state index is -0.174. The highest BCUT2D eigenvalue weighted by Crippen LogP contribution is 2.53. The van der Waals surface area contributed by atoms with Crippen molar-refractivity contribution in [2.75, 3.05) is 5.73 Å². The fourth-order valence-corrected chi connectivity index (χ4v) is 3.95. The lowest BCUT2D eigenvalue weighted by molar-refractivity contribution is 0.390. The summed E-state index contributed by atoms with van der Waals surface area (Å²) in [5.41, 5.74) is 10.8. The highest BCUT2D eigenvalue weighted by atomic mass is 32.1. The number of rotatable bonds is 3. The molecule has 1 aromatic carbocycles. The SMILES string of the molecule is CC(c1cc2ncccc2o1)(c1c[nH]c2c(N)cccc12)C1CC1.O=S. The van der Waals surface area contributed by atoms with Crippen molar-refractivity contribution in [1.29, 1.82) is 0 Å². The second-order valence-electron chi connectivity index (χ2n) is 6.95. The van der Waals surface area contributed by atoms with Crippen LogP contribution in [0.5, 0.6) is 0 Å². The van der Waals surface area contributed by atoms with E-state index in [1.165, 1.54) is 23.8 Å². The van der Waals surface area contributed by atoms with Crippen LogP contribution in [0.3, 0.4) is 0 Å². The Morgan fingerprint density at radius 2 is 2.08 bits per heavy atom. The summed E-state index contributed by atoms with van der Waals surface area (Å²) in [7, 11) is 0. The van der Waals surface area contributed by atoms with Gasteiger partial charge in [-0.15, -0.1) is 0 Å². The van der Waals surface area contributed by atoms with Crippen molar-refractivity contribution in [1.82, 2.24) is 9.97 Å². The second kappa shape index (κ2) is 6.21. The van der Waals surface area contributed by atoms with Gasteiger partial charge < -0.3 is 15.1 Å². The smallest absolute Gasteiger partial charge is 0.197 e. The van der Waals surface area contributed by atoms with Crippen LogP contribution >= 0.6 is 0 Å². The van der Waals surface area contributed by atoms with Crippen molar-refractivity contribution in [2.45, 2.75) is 25.2 Å². The Balaban J connectivity index is 0.000000814. The molecular formula is C20H19N3O2S. The molecule has 5 rings (SSSR count). The molecule has 1 aliphatic rings. The molecule has 3 N–H and O–H groups in total. The van der Waals surface area contributed by atoms with Gasteiger partial charge in [0.15, 0.2) is 18.1 Å². The third-order valence-electron chi connectivity index (χ3n) is 5.50. The number of anilines is 1. The highest BCUT2D eigenvalue weighted by Gasteiger charge is 2.47. The molecular weight excluding hydrogens is 346 g/mol. The van der Waals surface area contributed by atoms with Gasteiger partial charge in [-0.2, -0.15) is 4.21 Å². The van der Waals surface area contributed by atoms with Gasteiger partial charge in [0.25, 0.3) is 0 Å². The summed E-state index contributed by atoms with van der Waals surface area (Å²) < 4.78 is 14.1. The summed E-state index contributed by atoms with van der Waals surface area (Å²) in [5.74, 6) is 1.57. The van der Waals surface area contributed by atoms with Crippen LogP contribution in [-0.4, -0.2) is 14.2 Å². The molecule has 0 radical (unpaired) electrons. The standard InChI is InChI=1S/C20H19N3O.OS/c1-20(12-7-8-12,18-10-16-17(24-18)6-3-9-22-16)14-11-23-19-13(14)4-2-5-15(19)21;1-2/h2-6,9-12,23H,7-8,21H2,1H3;. The van der Waals surface area contributed by atoms with Crippen LogP contribution in [0.2, 0.25) is 0 Å². The maximum atomic E-state index is 7.83. The van der Waals surface area contributed by atoms with E-state index in [0.717, 1.165) is 28.1 Å². The summed E-state index contributed by atoms with van der Waals surface area (Å²) in [6.45, 7) is 2.29. The first kappa shape index (κ1) is 16.7. The Kier molecular flexibility index (Phi) is 4.00. The molecule has 5 nitrogen and oxygen atoms in total. The number of benzene rings is 1. The topological polar surface area (TPSA) is 84.9 Å². The number of nitrogens with one attached hydrogen (secondary N) is 1.